The van der Waals surface area contributed by atoms with E-state index in [0.29, 0.717) is 12.0 Å². The summed E-state index contributed by atoms with van der Waals surface area (Å²) >= 11 is 1.46. The van der Waals surface area contributed by atoms with Gasteiger partial charge in [0.2, 0.25) is 5.13 Å². The van der Waals surface area contributed by atoms with E-state index in [9.17, 15) is 0 Å². The number of anilines is 1. The molecule has 0 radical (unpaired) electrons. The second-order valence-electron chi connectivity index (χ2n) is 4.12. The van der Waals surface area contributed by atoms with Crippen molar-refractivity contribution in [3.63, 3.8) is 0 Å². The van der Waals surface area contributed by atoms with Crippen molar-refractivity contribution in [3.8, 4) is 0 Å². The molecule has 0 aromatic carbocycles. The zero-order chi connectivity index (χ0) is 10.7. The molecule has 3 N–H and O–H groups in total. The Kier molecular flexibility index (Phi) is 3.53. The van der Waals surface area contributed by atoms with Crippen molar-refractivity contribution < 1.29 is 0 Å². The molecule has 2 rings (SSSR count). The molecule has 1 fully saturated rings. The zero-order valence-corrected chi connectivity index (χ0v) is 9.89. The lowest BCUT2D eigenvalue weighted by Gasteiger charge is -2.07. The Balaban J connectivity index is 1.73. The molecule has 84 valence electrons. The Morgan fingerprint density at radius 3 is 3.07 bits per heavy atom. The Morgan fingerprint density at radius 2 is 2.40 bits per heavy atom. The summed E-state index contributed by atoms with van der Waals surface area (Å²) in [6, 6.07) is 0.299. The number of nitrogens with one attached hydrogen (secondary N) is 1. The van der Waals surface area contributed by atoms with Crippen LogP contribution in [0.5, 0.6) is 0 Å². The molecule has 1 saturated carbocycles. The van der Waals surface area contributed by atoms with E-state index in [1.807, 2.05) is 0 Å². The highest BCUT2D eigenvalue weighted by molar-refractivity contribution is 7.09. The van der Waals surface area contributed by atoms with Gasteiger partial charge in [0.25, 0.3) is 0 Å². The predicted octanol–water partition coefficient (Wildman–Crippen LogP) is 1.95. The first-order valence-electron chi connectivity index (χ1n) is 5.62. The van der Waals surface area contributed by atoms with Crippen LogP contribution in [0.3, 0.4) is 0 Å². The number of nitrogens with two attached hydrogens (primary N) is 1. The third-order valence-electron chi connectivity index (χ3n) is 2.70. The quantitative estimate of drug-likeness (QED) is 0.778. The van der Waals surface area contributed by atoms with E-state index in [2.05, 4.69) is 21.6 Å². The lowest BCUT2D eigenvalue weighted by Crippen LogP contribution is -2.22. The van der Waals surface area contributed by atoms with Gasteiger partial charge in [-0.25, -0.2) is 4.98 Å². The summed E-state index contributed by atoms with van der Waals surface area (Å²) in [4.78, 5) is 4.45. The maximum absolute atomic E-state index is 5.83. The van der Waals surface area contributed by atoms with Crippen LogP contribution in [0.4, 0.5) is 5.13 Å². The van der Waals surface area contributed by atoms with Crippen molar-refractivity contribution >= 4 is 16.7 Å². The van der Waals surface area contributed by atoms with E-state index in [1.54, 1.807) is 0 Å². The van der Waals surface area contributed by atoms with Gasteiger partial charge >= 0.3 is 0 Å². The molecule has 0 bridgehead atoms. The smallest absolute Gasteiger partial charge is 0.202 e. The molecule has 5 heteroatoms. The van der Waals surface area contributed by atoms with Crippen LogP contribution in [0.2, 0.25) is 0 Å². The van der Waals surface area contributed by atoms with Crippen molar-refractivity contribution in [3.05, 3.63) is 5.82 Å². The van der Waals surface area contributed by atoms with Crippen LogP contribution in [0, 0.1) is 0 Å². The topological polar surface area (TPSA) is 63.8 Å². The second kappa shape index (κ2) is 4.90. The van der Waals surface area contributed by atoms with E-state index < -0.39 is 0 Å². The van der Waals surface area contributed by atoms with Crippen molar-refractivity contribution in [1.29, 1.82) is 0 Å². The Labute approximate surface area is 94.5 Å². The minimum Gasteiger partial charge on any atom is -0.360 e. The molecule has 1 aliphatic rings. The molecule has 15 heavy (non-hydrogen) atoms. The molecule has 1 aliphatic carbocycles. The molecule has 1 aromatic rings. The number of hydrogen-bond donors (Lipinski definition) is 2. The zero-order valence-electron chi connectivity index (χ0n) is 9.07. The van der Waals surface area contributed by atoms with Gasteiger partial charge in [0, 0.05) is 30.0 Å². The molecule has 1 aromatic heterocycles. The third kappa shape index (κ3) is 3.14. The maximum atomic E-state index is 5.83. The minimum atomic E-state index is 0.299. The van der Waals surface area contributed by atoms with Crippen molar-refractivity contribution in [2.24, 2.45) is 5.73 Å². The number of nitrogens with zero attached hydrogens (tertiary/aromatic N) is 2. The van der Waals surface area contributed by atoms with Crippen molar-refractivity contribution in [1.82, 2.24) is 9.36 Å². The molecule has 0 saturated heterocycles. The minimum absolute atomic E-state index is 0.299. The first kappa shape index (κ1) is 10.8. The van der Waals surface area contributed by atoms with Crippen LogP contribution in [0.1, 0.15) is 44.3 Å². The number of hydrogen-bond acceptors (Lipinski definition) is 5. The van der Waals surface area contributed by atoms with Gasteiger partial charge in [-0.2, -0.15) is 4.37 Å². The van der Waals surface area contributed by atoms with E-state index in [0.717, 1.165) is 30.3 Å². The molecule has 1 atom stereocenters. The molecule has 1 unspecified atom stereocenters. The molecule has 0 amide bonds. The molecular formula is C10H18N4S. The van der Waals surface area contributed by atoms with Gasteiger partial charge < -0.3 is 11.1 Å². The van der Waals surface area contributed by atoms with Gasteiger partial charge in [-0.1, -0.05) is 6.92 Å². The monoisotopic (exact) mass is 226 g/mol. The fourth-order valence-electron chi connectivity index (χ4n) is 1.38. The molecule has 0 spiro atoms. The van der Waals surface area contributed by atoms with Crippen molar-refractivity contribution in [2.45, 2.75) is 44.6 Å². The van der Waals surface area contributed by atoms with E-state index in [1.165, 1.54) is 24.4 Å². The Hall–Kier alpha value is -0.680. The third-order valence-corrected chi connectivity index (χ3v) is 3.39. The largest absolute Gasteiger partial charge is 0.360 e. The van der Waals surface area contributed by atoms with E-state index >= 15 is 0 Å². The first-order chi connectivity index (χ1) is 7.29. The summed E-state index contributed by atoms with van der Waals surface area (Å²) in [6.07, 6.45) is 4.55. The van der Waals surface area contributed by atoms with Gasteiger partial charge in [0.05, 0.1) is 0 Å². The first-order valence-corrected chi connectivity index (χ1v) is 6.40. The SMILES string of the molecule is CCC(N)CCNc1nc(C2CC2)ns1. The standard InChI is InChI=1S/C10H18N4S/c1-2-8(11)5-6-12-10-13-9(14-15-10)7-3-4-7/h7-8H,2-6,11H2,1H3,(H,12,13,14). The van der Waals surface area contributed by atoms with Gasteiger partial charge in [-0.15, -0.1) is 0 Å². The molecular weight excluding hydrogens is 208 g/mol. The van der Waals surface area contributed by atoms with E-state index in [4.69, 9.17) is 5.73 Å². The van der Waals surface area contributed by atoms with Gasteiger partial charge in [0.15, 0.2) is 0 Å². The maximum Gasteiger partial charge on any atom is 0.202 e. The summed E-state index contributed by atoms with van der Waals surface area (Å²) in [5.41, 5.74) is 5.83. The van der Waals surface area contributed by atoms with Gasteiger partial charge in [-0.3, -0.25) is 0 Å². The highest BCUT2D eigenvalue weighted by atomic mass is 32.1. The molecule has 4 nitrogen and oxygen atoms in total. The van der Waals surface area contributed by atoms with Crippen LogP contribution in [-0.4, -0.2) is 21.9 Å². The highest BCUT2D eigenvalue weighted by Gasteiger charge is 2.27. The predicted molar refractivity (Wildman–Crippen MR) is 63.3 cm³/mol. The van der Waals surface area contributed by atoms with Gasteiger partial charge in [0.1, 0.15) is 5.82 Å². The average Bonchev–Trinajstić information content (AvgIpc) is 2.99. The molecule has 1 heterocycles. The van der Waals surface area contributed by atoms with Gasteiger partial charge in [-0.05, 0) is 25.7 Å². The number of rotatable bonds is 6. The summed E-state index contributed by atoms with van der Waals surface area (Å²) in [5, 5.41) is 4.22. The fourth-order valence-corrected chi connectivity index (χ4v) is 2.05. The molecule has 0 aliphatic heterocycles. The van der Waals surface area contributed by atoms with Crippen LogP contribution >= 0.6 is 11.5 Å². The number of aromatic nitrogens is 2. The summed E-state index contributed by atoms with van der Waals surface area (Å²) in [7, 11) is 0. The van der Waals surface area contributed by atoms with Crippen LogP contribution in [0.15, 0.2) is 0 Å². The van der Waals surface area contributed by atoms with E-state index in [-0.39, 0.29) is 0 Å². The lowest BCUT2D eigenvalue weighted by atomic mass is 10.2. The highest BCUT2D eigenvalue weighted by Crippen LogP contribution is 2.39. The lowest BCUT2D eigenvalue weighted by molar-refractivity contribution is 0.613. The summed E-state index contributed by atoms with van der Waals surface area (Å²) in [6.45, 7) is 3.01. The average molecular weight is 226 g/mol. The van der Waals surface area contributed by atoms with Crippen LogP contribution in [-0.2, 0) is 0 Å². The van der Waals surface area contributed by atoms with Crippen LogP contribution < -0.4 is 11.1 Å². The van der Waals surface area contributed by atoms with Crippen LogP contribution in [0.25, 0.3) is 0 Å². The second-order valence-corrected chi connectivity index (χ2v) is 4.87. The summed E-state index contributed by atoms with van der Waals surface area (Å²) < 4.78 is 4.33. The fraction of sp³-hybridized carbons (Fsp3) is 0.800. The Bertz CT molecular complexity index is 308. The van der Waals surface area contributed by atoms with Crippen molar-refractivity contribution in [2.75, 3.05) is 11.9 Å². The normalized spacial score (nSPS) is 17.7. The Morgan fingerprint density at radius 1 is 1.60 bits per heavy atom. The summed E-state index contributed by atoms with van der Waals surface area (Å²) in [5.74, 6) is 1.68.